The molecule has 8 heteroatoms. The molecule has 0 saturated heterocycles. The Bertz CT molecular complexity index is 1530. The summed E-state index contributed by atoms with van der Waals surface area (Å²) in [6.45, 7) is 4.21. The van der Waals surface area contributed by atoms with Gasteiger partial charge >= 0.3 is 0 Å². The van der Waals surface area contributed by atoms with Crippen molar-refractivity contribution in [2.24, 2.45) is 0 Å². The van der Waals surface area contributed by atoms with E-state index in [1.54, 1.807) is 24.5 Å². The summed E-state index contributed by atoms with van der Waals surface area (Å²) in [7, 11) is 0. The van der Waals surface area contributed by atoms with Gasteiger partial charge in [-0.15, -0.1) is 0 Å². The van der Waals surface area contributed by atoms with E-state index < -0.39 is 0 Å². The zero-order chi connectivity index (χ0) is 22.9. The Kier molecular flexibility index (Phi) is 5.51. The lowest BCUT2D eigenvalue weighted by molar-refractivity contribution is -0.113. The number of benzene rings is 2. The summed E-state index contributed by atoms with van der Waals surface area (Å²) in [6.07, 6.45) is 1.55. The predicted octanol–water partition coefficient (Wildman–Crippen LogP) is 5.13. The van der Waals surface area contributed by atoms with Crippen LogP contribution in [0.3, 0.4) is 0 Å². The molecule has 0 aliphatic heterocycles. The Hall–Kier alpha value is -3.78. The number of aryl methyl sites for hydroxylation is 2. The average Bonchev–Trinajstić information content (AvgIpc) is 3.45. The van der Waals surface area contributed by atoms with Gasteiger partial charge in [-0.2, -0.15) is 0 Å². The van der Waals surface area contributed by atoms with Crippen LogP contribution in [0.15, 0.2) is 79.6 Å². The van der Waals surface area contributed by atoms with Crippen molar-refractivity contribution in [3.05, 3.63) is 88.1 Å². The molecule has 3 heterocycles. The van der Waals surface area contributed by atoms with E-state index in [1.165, 1.54) is 16.3 Å². The number of carbonyl (C=O) groups excluding carboxylic acids is 1. The molecule has 0 saturated carbocycles. The second-order valence-corrected chi connectivity index (χ2v) is 8.72. The molecule has 3 aromatic heterocycles. The molecular weight excluding hydrogens is 438 g/mol. The third kappa shape index (κ3) is 4.17. The molecule has 5 aromatic rings. The second kappa shape index (κ2) is 8.63. The van der Waals surface area contributed by atoms with E-state index in [1.807, 2.05) is 50.2 Å². The summed E-state index contributed by atoms with van der Waals surface area (Å²) in [6, 6.07) is 16.7. The number of amides is 1. The van der Waals surface area contributed by atoms with Gasteiger partial charge in [-0.05, 0) is 61.4 Å². The van der Waals surface area contributed by atoms with Crippen LogP contribution >= 0.6 is 11.8 Å². The molecule has 0 fully saturated rings. The second-order valence-electron chi connectivity index (χ2n) is 7.78. The maximum Gasteiger partial charge on any atom is 0.298 e. The number of hydrogen-bond donors (Lipinski definition) is 1. The monoisotopic (exact) mass is 459 g/mol. The molecule has 0 aliphatic rings. The van der Waals surface area contributed by atoms with E-state index >= 15 is 0 Å². The lowest BCUT2D eigenvalue weighted by Gasteiger charge is -2.11. The number of rotatable bonds is 6. The maximum atomic E-state index is 13.3. The first kappa shape index (κ1) is 21.1. The van der Waals surface area contributed by atoms with Crippen molar-refractivity contribution < 1.29 is 13.6 Å². The third-order valence-corrected chi connectivity index (χ3v) is 6.44. The summed E-state index contributed by atoms with van der Waals surface area (Å²) >= 11 is 1.20. The molecule has 0 unspecified atom stereocenters. The number of furan rings is 2. The molecule has 0 aliphatic carbocycles. The van der Waals surface area contributed by atoms with Gasteiger partial charge in [0.15, 0.2) is 5.16 Å². The zero-order valence-corrected chi connectivity index (χ0v) is 18.9. The van der Waals surface area contributed by atoms with Crippen LogP contribution in [0, 0.1) is 13.8 Å². The molecule has 1 amide bonds. The van der Waals surface area contributed by atoms with Crippen LogP contribution in [0.25, 0.3) is 22.1 Å². The Morgan fingerprint density at radius 1 is 1.09 bits per heavy atom. The molecule has 0 bridgehead atoms. The largest absolute Gasteiger partial charge is 0.467 e. The fourth-order valence-corrected chi connectivity index (χ4v) is 4.40. The first-order valence-electron chi connectivity index (χ1n) is 10.4. The third-order valence-electron chi connectivity index (χ3n) is 5.46. The van der Waals surface area contributed by atoms with E-state index in [2.05, 4.69) is 5.32 Å². The zero-order valence-electron chi connectivity index (χ0n) is 18.1. The van der Waals surface area contributed by atoms with Crippen molar-refractivity contribution >= 4 is 45.4 Å². The summed E-state index contributed by atoms with van der Waals surface area (Å²) < 4.78 is 12.7. The van der Waals surface area contributed by atoms with Crippen LogP contribution in [-0.4, -0.2) is 21.2 Å². The van der Waals surface area contributed by atoms with Crippen molar-refractivity contribution in [3.63, 3.8) is 0 Å². The number of nitrogens with one attached hydrogen (secondary N) is 1. The van der Waals surface area contributed by atoms with Crippen LogP contribution in [0.4, 0.5) is 5.69 Å². The number of anilines is 1. The summed E-state index contributed by atoms with van der Waals surface area (Å²) in [5, 5.41) is 4.09. The smallest absolute Gasteiger partial charge is 0.298 e. The Morgan fingerprint density at radius 3 is 2.73 bits per heavy atom. The SMILES string of the molecule is Cc1ccc(NC(=O)CSc2nc3c(oc4ccccc43)c(=O)n2Cc2ccco2)cc1C. The van der Waals surface area contributed by atoms with E-state index in [9.17, 15) is 9.59 Å². The van der Waals surface area contributed by atoms with Crippen molar-refractivity contribution in [1.29, 1.82) is 0 Å². The minimum atomic E-state index is -0.315. The minimum absolute atomic E-state index is 0.0960. The first-order chi connectivity index (χ1) is 16.0. The number of para-hydroxylation sites is 1. The van der Waals surface area contributed by atoms with Gasteiger partial charge in [0.2, 0.25) is 11.5 Å². The molecule has 1 N–H and O–H groups in total. The molecule has 166 valence electrons. The molecule has 5 rings (SSSR count). The summed E-state index contributed by atoms with van der Waals surface area (Å²) in [5.41, 5.74) is 3.96. The molecule has 2 aromatic carbocycles. The number of aromatic nitrogens is 2. The number of hydrogen-bond acceptors (Lipinski definition) is 6. The number of carbonyl (C=O) groups is 1. The molecular formula is C25H21N3O4S. The number of thioether (sulfide) groups is 1. The van der Waals surface area contributed by atoms with Crippen LogP contribution in [0.5, 0.6) is 0 Å². The molecule has 33 heavy (non-hydrogen) atoms. The van der Waals surface area contributed by atoms with Gasteiger partial charge < -0.3 is 14.2 Å². The van der Waals surface area contributed by atoms with Crippen LogP contribution < -0.4 is 10.9 Å². The van der Waals surface area contributed by atoms with Gasteiger partial charge in [0.05, 0.1) is 18.6 Å². The highest BCUT2D eigenvalue weighted by Gasteiger charge is 2.19. The fourth-order valence-electron chi connectivity index (χ4n) is 3.61. The van der Waals surface area contributed by atoms with Gasteiger partial charge in [0.1, 0.15) is 16.9 Å². The van der Waals surface area contributed by atoms with Crippen molar-refractivity contribution in [2.45, 2.75) is 25.5 Å². The van der Waals surface area contributed by atoms with Crippen LogP contribution in [-0.2, 0) is 11.3 Å². The van der Waals surface area contributed by atoms with E-state index in [-0.39, 0.29) is 29.3 Å². The van der Waals surface area contributed by atoms with Crippen molar-refractivity contribution in [3.8, 4) is 0 Å². The first-order valence-corrected chi connectivity index (χ1v) is 11.4. The van der Waals surface area contributed by atoms with Gasteiger partial charge in [-0.25, -0.2) is 4.98 Å². The maximum absolute atomic E-state index is 13.3. The Balaban J connectivity index is 1.48. The highest BCUT2D eigenvalue weighted by atomic mass is 32.2. The Labute approximate surface area is 193 Å². The molecule has 0 atom stereocenters. The van der Waals surface area contributed by atoms with Gasteiger partial charge in [0, 0.05) is 11.1 Å². The van der Waals surface area contributed by atoms with Gasteiger partial charge in [0.25, 0.3) is 5.56 Å². The van der Waals surface area contributed by atoms with E-state index in [0.717, 1.165) is 22.2 Å². The van der Waals surface area contributed by atoms with Gasteiger partial charge in [-0.3, -0.25) is 14.2 Å². The highest BCUT2D eigenvalue weighted by Crippen LogP contribution is 2.27. The van der Waals surface area contributed by atoms with E-state index in [4.69, 9.17) is 13.8 Å². The Morgan fingerprint density at radius 2 is 1.94 bits per heavy atom. The predicted molar refractivity (Wildman–Crippen MR) is 129 cm³/mol. The highest BCUT2D eigenvalue weighted by molar-refractivity contribution is 7.99. The number of fused-ring (bicyclic) bond motifs is 3. The van der Waals surface area contributed by atoms with Crippen LogP contribution in [0.1, 0.15) is 16.9 Å². The molecule has 0 radical (unpaired) electrons. The van der Waals surface area contributed by atoms with Crippen molar-refractivity contribution in [1.82, 2.24) is 9.55 Å². The lowest BCUT2D eigenvalue weighted by Crippen LogP contribution is -2.24. The quantitative estimate of drug-likeness (QED) is 0.280. The summed E-state index contributed by atoms with van der Waals surface area (Å²) in [5.74, 6) is 0.522. The lowest BCUT2D eigenvalue weighted by atomic mass is 10.1. The normalized spacial score (nSPS) is 11.3. The molecule has 7 nitrogen and oxygen atoms in total. The van der Waals surface area contributed by atoms with Gasteiger partial charge in [-0.1, -0.05) is 30.0 Å². The standard InChI is InChI=1S/C25H21N3O4S/c1-15-9-10-17(12-16(15)2)26-21(29)14-33-25-27-22-19-7-3-4-8-20(19)32-23(22)24(30)28(25)13-18-6-5-11-31-18/h3-12H,13-14H2,1-2H3,(H,26,29). The van der Waals surface area contributed by atoms with Crippen molar-refractivity contribution in [2.75, 3.05) is 11.1 Å². The van der Waals surface area contributed by atoms with Crippen LogP contribution in [0.2, 0.25) is 0 Å². The fraction of sp³-hybridized carbons (Fsp3) is 0.160. The van der Waals surface area contributed by atoms with E-state index in [0.29, 0.717) is 22.0 Å². The summed E-state index contributed by atoms with van der Waals surface area (Å²) in [4.78, 5) is 30.7. The average molecular weight is 460 g/mol. The topological polar surface area (TPSA) is 90.3 Å². The number of nitrogens with zero attached hydrogens (tertiary/aromatic N) is 2. The molecule has 0 spiro atoms. The minimum Gasteiger partial charge on any atom is -0.467 e.